The zero-order valence-electron chi connectivity index (χ0n) is 15.4. The predicted molar refractivity (Wildman–Crippen MR) is 105 cm³/mol. The molecule has 0 aliphatic carbocycles. The minimum atomic E-state index is -3.53. The highest BCUT2D eigenvalue weighted by Gasteiger charge is 2.17. The van der Waals surface area contributed by atoms with Crippen molar-refractivity contribution in [1.29, 1.82) is 0 Å². The number of ether oxygens (including phenoxy) is 2. The Balaban J connectivity index is 2.24. The Morgan fingerprint density at radius 3 is 2.22 bits per heavy atom. The van der Waals surface area contributed by atoms with Gasteiger partial charge in [-0.05, 0) is 48.0 Å². The van der Waals surface area contributed by atoms with Crippen LogP contribution in [0.5, 0.6) is 11.5 Å². The van der Waals surface area contributed by atoms with Crippen molar-refractivity contribution in [1.82, 2.24) is 4.31 Å². The van der Waals surface area contributed by atoms with Crippen molar-refractivity contribution in [2.45, 2.75) is 4.90 Å². The van der Waals surface area contributed by atoms with Crippen molar-refractivity contribution in [3.63, 3.8) is 0 Å². The molecule has 0 amide bonds. The standard InChI is InChI=1S/C19H20ClNO5S/c1-21(2)27(23,24)15-8-6-14(7-9-15)17(22)10-5-13-11-16(20)19(26-4)18(12-13)25-3/h5-12H,1-4H3. The van der Waals surface area contributed by atoms with E-state index in [-0.39, 0.29) is 10.7 Å². The van der Waals surface area contributed by atoms with Gasteiger partial charge in [0.15, 0.2) is 17.3 Å². The van der Waals surface area contributed by atoms with Gasteiger partial charge in [0.25, 0.3) is 0 Å². The average Bonchev–Trinajstić information content (AvgIpc) is 2.65. The summed E-state index contributed by atoms with van der Waals surface area (Å²) in [5.41, 5.74) is 1.04. The molecule has 6 nitrogen and oxygen atoms in total. The SMILES string of the molecule is COc1cc(C=CC(=O)c2ccc(S(=O)(=O)N(C)C)cc2)cc(Cl)c1OC. The van der Waals surface area contributed by atoms with Gasteiger partial charge in [0, 0.05) is 19.7 Å². The maximum Gasteiger partial charge on any atom is 0.242 e. The number of halogens is 1. The Morgan fingerprint density at radius 2 is 1.70 bits per heavy atom. The smallest absolute Gasteiger partial charge is 0.242 e. The molecule has 0 radical (unpaired) electrons. The summed E-state index contributed by atoms with van der Waals surface area (Å²) >= 11 is 6.15. The first-order valence-corrected chi connectivity index (χ1v) is 9.69. The fourth-order valence-electron chi connectivity index (χ4n) is 2.30. The van der Waals surface area contributed by atoms with Gasteiger partial charge in [-0.15, -0.1) is 0 Å². The van der Waals surface area contributed by atoms with E-state index in [1.165, 1.54) is 58.7 Å². The molecule has 0 saturated heterocycles. The number of allylic oxidation sites excluding steroid dienone is 1. The minimum absolute atomic E-state index is 0.125. The number of hydrogen-bond donors (Lipinski definition) is 0. The van der Waals surface area contributed by atoms with Gasteiger partial charge in [-0.2, -0.15) is 0 Å². The van der Waals surface area contributed by atoms with E-state index in [1.54, 1.807) is 18.2 Å². The van der Waals surface area contributed by atoms with Crippen LogP contribution in [0.1, 0.15) is 15.9 Å². The first kappa shape index (κ1) is 21.0. The molecule has 144 valence electrons. The lowest BCUT2D eigenvalue weighted by atomic mass is 10.1. The van der Waals surface area contributed by atoms with Crippen LogP contribution < -0.4 is 9.47 Å². The van der Waals surface area contributed by atoms with Crippen LogP contribution in [0.25, 0.3) is 6.08 Å². The van der Waals surface area contributed by atoms with E-state index in [0.717, 1.165) is 4.31 Å². The summed E-state index contributed by atoms with van der Waals surface area (Å²) in [6, 6.07) is 9.11. The van der Waals surface area contributed by atoms with Crippen molar-refractivity contribution < 1.29 is 22.7 Å². The van der Waals surface area contributed by atoms with Gasteiger partial charge in [0.1, 0.15) is 0 Å². The van der Waals surface area contributed by atoms with Gasteiger partial charge in [-0.3, -0.25) is 4.79 Å². The molecule has 0 fully saturated rings. The fraction of sp³-hybridized carbons (Fsp3) is 0.211. The van der Waals surface area contributed by atoms with Crippen LogP contribution >= 0.6 is 11.6 Å². The number of nitrogens with zero attached hydrogens (tertiary/aromatic N) is 1. The molecule has 2 aromatic carbocycles. The highest BCUT2D eigenvalue weighted by atomic mass is 35.5. The molecule has 2 rings (SSSR count). The van der Waals surface area contributed by atoms with Crippen molar-refractivity contribution in [2.75, 3.05) is 28.3 Å². The molecule has 0 spiro atoms. The molecule has 0 unspecified atom stereocenters. The summed E-state index contributed by atoms with van der Waals surface area (Å²) in [6.45, 7) is 0. The second kappa shape index (κ2) is 8.56. The topological polar surface area (TPSA) is 72.9 Å². The zero-order valence-corrected chi connectivity index (χ0v) is 17.0. The van der Waals surface area contributed by atoms with Crippen LogP contribution in [0.4, 0.5) is 0 Å². The summed E-state index contributed by atoms with van der Waals surface area (Å²) in [7, 11) is 2.35. The summed E-state index contributed by atoms with van der Waals surface area (Å²) in [5, 5.41) is 0.363. The predicted octanol–water partition coefficient (Wildman–Crippen LogP) is 3.50. The monoisotopic (exact) mass is 409 g/mol. The highest BCUT2D eigenvalue weighted by molar-refractivity contribution is 7.89. The molecule has 0 N–H and O–H groups in total. The lowest BCUT2D eigenvalue weighted by Crippen LogP contribution is -2.22. The number of sulfonamides is 1. The second-order valence-electron chi connectivity index (χ2n) is 5.75. The fourth-order valence-corrected chi connectivity index (χ4v) is 3.50. The van der Waals surface area contributed by atoms with Crippen LogP contribution in [0, 0.1) is 0 Å². The number of rotatable bonds is 7. The molecule has 0 aliphatic heterocycles. The molecule has 0 aromatic heterocycles. The van der Waals surface area contributed by atoms with Crippen molar-refractivity contribution >= 4 is 33.5 Å². The molecular weight excluding hydrogens is 390 g/mol. The molecule has 27 heavy (non-hydrogen) atoms. The van der Waals surface area contributed by atoms with Crippen LogP contribution in [0.2, 0.25) is 5.02 Å². The molecule has 0 aliphatic rings. The van der Waals surface area contributed by atoms with E-state index in [9.17, 15) is 13.2 Å². The molecule has 0 bridgehead atoms. The first-order valence-electron chi connectivity index (χ1n) is 7.87. The summed E-state index contributed by atoms with van der Waals surface area (Å²) in [5.74, 6) is 0.602. The Kier molecular flexibility index (Phi) is 6.64. The Hall–Kier alpha value is -2.35. The largest absolute Gasteiger partial charge is 0.493 e. The van der Waals surface area contributed by atoms with Crippen molar-refractivity contribution in [2.24, 2.45) is 0 Å². The van der Waals surface area contributed by atoms with Crippen molar-refractivity contribution in [3.05, 3.63) is 58.6 Å². The summed E-state index contributed by atoms with van der Waals surface area (Å²) in [4.78, 5) is 12.5. The third-order valence-electron chi connectivity index (χ3n) is 3.80. The number of hydrogen-bond acceptors (Lipinski definition) is 5. The number of carbonyl (C=O) groups excluding carboxylic acids is 1. The van der Waals surface area contributed by atoms with Crippen LogP contribution in [-0.2, 0) is 10.0 Å². The third kappa shape index (κ3) is 4.68. The van der Waals surface area contributed by atoms with E-state index >= 15 is 0 Å². The molecule has 8 heteroatoms. The molecule has 0 heterocycles. The molecular formula is C19H20ClNO5S. The van der Waals surface area contributed by atoms with Crippen molar-refractivity contribution in [3.8, 4) is 11.5 Å². The van der Waals surface area contributed by atoms with Crippen LogP contribution in [-0.4, -0.2) is 46.8 Å². The van der Waals surface area contributed by atoms with E-state index in [2.05, 4.69) is 0 Å². The Morgan fingerprint density at radius 1 is 1.07 bits per heavy atom. The maximum absolute atomic E-state index is 12.3. The molecule has 0 saturated carbocycles. The van der Waals surface area contributed by atoms with E-state index in [4.69, 9.17) is 21.1 Å². The van der Waals surface area contributed by atoms with Gasteiger partial charge < -0.3 is 9.47 Å². The van der Waals surface area contributed by atoms with Gasteiger partial charge >= 0.3 is 0 Å². The van der Waals surface area contributed by atoms with Gasteiger partial charge in [0.2, 0.25) is 10.0 Å². The van der Waals surface area contributed by atoms with Gasteiger partial charge in [-0.1, -0.05) is 17.7 Å². The lowest BCUT2D eigenvalue weighted by molar-refractivity contribution is 0.104. The normalized spacial score (nSPS) is 11.8. The highest BCUT2D eigenvalue weighted by Crippen LogP contribution is 2.36. The molecule has 0 atom stereocenters. The Labute approximate surface area is 164 Å². The van der Waals surface area contributed by atoms with E-state index < -0.39 is 10.0 Å². The maximum atomic E-state index is 12.3. The minimum Gasteiger partial charge on any atom is -0.493 e. The number of ketones is 1. The van der Waals surface area contributed by atoms with Crippen LogP contribution in [0.15, 0.2) is 47.4 Å². The van der Waals surface area contributed by atoms with Crippen LogP contribution in [0.3, 0.4) is 0 Å². The second-order valence-corrected chi connectivity index (χ2v) is 8.31. The van der Waals surface area contributed by atoms with E-state index in [0.29, 0.717) is 27.6 Å². The van der Waals surface area contributed by atoms with E-state index in [1.807, 2.05) is 0 Å². The lowest BCUT2D eigenvalue weighted by Gasteiger charge is -2.11. The third-order valence-corrected chi connectivity index (χ3v) is 5.91. The quantitative estimate of drug-likeness (QED) is 0.517. The molecule has 2 aromatic rings. The summed E-state index contributed by atoms with van der Waals surface area (Å²) < 4.78 is 35.6. The van der Waals surface area contributed by atoms with Gasteiger partial charge in [0.05, 0.1) is 24.1 Å². The number of methoxy groups -OCH3 is 2. The average molecular weight is 410 g/mol. The first-order chi connectivity index (χ1) is 12.7. The number of benzene rings is 2. The van der Waals surface area contributed by atoms with Gasteiger partial charge in [-0.25, -0.2) is 12.7 Å². The Bertz CT molecular complexity index is 966. The number of carbonyl (C=O) groups is 1. The summed E-state index contributed by atoms with van der Waals surface area (Å²) in [6.07, 6.45) is 2.98. The zero-order chi connectivity index (χ0) is 20.2.